The molecule has 0 fully saturated rings. The molecule has 1 rings (SSSR count). The zero-order valence-corrected chi connectivity index (χ0v) is 12.3. The molecule has 0 amide bonds. The Morgan fingerprint density at radius 2 is 1.91 bits per heavy atom. The van der Waals surface area contributed by atoms with E-state index in [1.165, 1.54) is 17.1 Å². The van der Waals surface area contributed by atoms with E-state index in [2.05, 4.69) is 0 Å². The van der Waals surface area contributed by atoms with Gasteiger partial charge in [0, 0.05) is 32.9 Å². The van der Waals surface area contributed by atoms with Gasteiger partial charge in [-0.25, -0.2) is 19.0 Å². The molecular weight excluding hydrogens is 295 g/mol. The lowest BCUT2D eigenvalue weighted by Gasteiger charge is -2.19. The number of halogens is 1. The van der Waals surface area contributed by atoms with Crippen LogP contribution in [0.4, 0.5) is 4.39 Å². The number of ether oxygens (including phenoxy) is 1. The van der Waals surface area contributed by atoms with E-state index in [1.807, 2.05) is 6.07 Å². The van der Waals surface area contributed by atoms with Crippen LogP contribution in [-0.4, -0.2) is 47.9 Å². The fourth-order valence-corrected chi connectivity index (χ4v) is 1.43. The molecule has 22 heavy (non-hydrogen) atoms. The minimum atomic E-state index is -1.26. The third-order valence-corrected chi connectivity index (χ3v) is 2.33. The Hall–Kier alpha value is -2.29. The maximum atomic E-state index is 12.9. The Morgan fingerprint density at radius 3 is 2.27 bits per heavy atom. The third-order valence-electron chi connectivity index (χ3n) is 2.33. The van der Waals surface area contributed by atoms with Gasteiger partial charge in [0.05, 0.1) is 6.10 Å². The average molecular weight is 314 g/mol. The first kappa shape index (κ1) is 19.7. The molecular formula is C14H19FN2O5. The van der Waals surface area contributed by atoms with Crippen LogP contribution < -0.4 is 5.84 Å². The topological polar surface area (TPSA) is 113 Å². The SMILES string of the molecule is COC(CN(C)N)c1cccc(F)c1.O=C(O)/C=C/C(=O)O. The summed E-state index contributed by atoms with van der Waals surface area (Å²) < 4.78 is 18.1. The molecule has 122 valence electrons. The van der Waals surface area contributed by atoms with E-state index in [1.54, 1.807) is 20.2 Å². The van der Waals surface area contributed by atoms with Crippen molar-refractivity contribution in [3.63, 3.8) is 0 Å². The third kappa shape index (κ3) is 9.59. The molecule has 8 heteroatoms. The highest BCUT2D eigenvalue weighted by Gasteiger charge is 2.11. The van der Waals surface area contributed by atoms with Crippen LogP contribution in [0.25, 0.3) is 0 Å². The molecule has 0 spiro atoms. The Morgan fingerprint density at radius 1 is 1.36 bits per heavy atom. The molecule has 0 radical (unpaired) electrons. The molecule has 1 atom stereocenters. The molecule has 0 aromatic heterocycles. The van der Waals surface area contributed by atoms with E-state index in [0.29, 0.717) is 18.7 Å². The summed E-state index contributed by atoms with van der Waals surface area (Å²) >= 11 is 0. The molecule has 0 saturated carbocycles. The van der Waals surface area contributed by atoms with Crippen molar-refractivity contribution >= 4 is 11.9 Å². The number of benzene rings is 1. The van der Waals surface area contributed by atoms with Gasteiger partial charge < -0.3 is 14.9 Å². The standard InChI is InChI=1S/C10H15FN2O.C4H4O4/c1-13(12)7-10(14-2)8-4-3-5-9(11)6-8;5-3(6)1-2-4(7)8/h3-6,10H,7,12H2,1-2H3;1-2H,(H,5,6)(H,7,8)/b;2-1+. The second-order valence-electron chi connectivity index (χ2n) is 4.23. The molecule has 1 aromatic carbocycles. The van der Waals surface area contributed by atoms with E-state index in [0.717, 1.165) is 5.56 Å². The number of carboxylic acid groups (broad SMARTS) is 2. The Kier molecular flexibility index (Phi) is 9.35. The molecule has 1 aromatic rings. The molecule has 4 N–H and O–H groups in total. The molecule has 0 aliphatic carbocycles. The Bertz CT molecular complexity index is 504. The maximum absolute atomic E-state index is 12.9. The summed E-state index contributed by atoms with van der Waals surface area (Å²) in [7, 11) is 3.32. The van der Waals surface area contributed by atoms with Gasteiger partial charge >= 0.3 is 11.9 Å². The highest BCUT2D eigenvalue weighted by atomic mass is 19.1. The van der Waals surface area contributed by atoms with Crippen molar-refractivity contribution in [1.29, 1.82) is 0 Å². The number of hydrogen-bond donors (Lipinski definition) is 3. The van der Waals surface area contributed by atoms with Crippen molar-refractivity contribution in [3.05, 3.63) is 47.8 Å². The molecule has 0 bridgehead atoms. The second kappa shape index (κ2) is 10.4. The molecule has 7 nitrogen and oxygen atoms in total. The monoisotopic (exact) mass is 314 g/mol. The summed E-state index contributed by atoms with van der Waals surface area (Å²) in [5.41, 5.74) is 0.796. The number of hydrazine groups is 1. The van der Waals surface area contributed by atoms with Crippen LogP contribution >= 0.6 is 0 Å². The summed E-state index contributed by atoms with van der Waals surface area (Å²) in [6, 6.07) is 6.34. The quantitative estimate of drug-likeness (QED) is 0.408. The van der Waals surface area contributed by atoms with Crippen molar-refractivity contribution in [1.82, 2.24) is 5.01 Å². The summed E-state index contributed by atoms with van der Waals surface area (Å²) in [6.07, 6.45) is 0.922. The Balaban J connectivity index is 0.000000472. The van der Waals surface area contributed by atoms with Gasteiger partial charge in [-0.05, 0) is 17.7 Å². The van der Waals surface area contributed by atoms with Crippen LogP contribution in [0.1, 0.15) is 11.7 Å². The van der Waals surface area contributed by atoms with Crippen LogP contribution in [0.5, 0.6) is 0 Å². The van der Waals surface area contributed by atoms with E-state index in [-0.39, 0.29) is 11.9 Å². The number of rotatable bonds is 6. The zero-order chi connectivity index (χ0) is 17.1. The fraction of sp³-hybridized carbons (Fsp3) is 0.286. The number of carbonyl (C=O) groups is 2. The number of aliphatic carboxylic acids is 2. The smallest absolute Gasteiger partial charge is 0.328 e. The number of hydrogen-bond acceptors (Lipinski definition) is 5. The van der Waals surface area contributed by atoms with Gasteiger partial charge in [-0.1, -0.05) is 12.1 Å². The summed E-state index contributed by atoms with van der Waals surface area (Å²) in [6.45, 7) is 0.528. The lowest BCUT2D eigenvalue weighted by molar-refractivity contribution is -0.134. The molecule has 0 aliphatic rings. The minimum Gasteiger partial charge on any atom is -0.478 e. The normalized spacial score (nSPS) is 11.9. The van der Waals surface area contributed by atoms with E-state index in [4.69, 9.17) is 20.8 Å². The van der Waals surface area contributed by atoms with Gasteiger partial charge in [0.15, 0.2) is 0 Å². The molecule has 0 heterocycles. The van der Waals surface area contributed by atoms with Gasteiger partial charge in [-0.15, -0.1) is 0 Å². The number of carboxylic acids is 2. The summed E-state index contributed by atoms with van der Waals surface area (Å²) in [5, 5.41) is 17.1. The molecule has 0 aliphatic heterocycles. The van der Waals surface area contributed by atoms with Crippen molar-refractivity contribution in [2.45, 2.75) is 6.10 Å². The predicted molar refractivity (Wildman–Crippen MR) is 77.4 cm³/mol. The maximum Gasteiger partial charge on any atom is 0.328 e. The van der Waals surface area contributed by atoms with Gasteiger partial charge in [0.25, 0.3) is 0 Å². The highest BCUT2D eigenvalue weighted by Crippen LogP contribution is 2.17. The van der Waals surface area contributed by atoms with Crippen LogP contribution in [0.15, 0.2) is 36.4 Å². The van der Waals surface area contributed by atoms with Gasteiger partial charge in [-0.3, -0.25) is 5.84 Å². The average Bonchev–Trinajstić information content (AvgIpc) is 2.43. The van der Waals surface area contributed by atoms with E-state index in [9.17, 15) is 14.0 Å². The van der Waals surface area contributed by atoms with Crippen molar-refractivity contribution in [2.75, 3.05) is 20.7 Å². The van der Waals surface area contributed by atoms with E-state index >= 15 is 0 Å². The van der Waals surface area contributed by atoms with Crippen LogP contribution in [0, 0.1) is 5.82 Å². The first-order valence-corrected chi connectivity index (χ1v) is 6.14. The minimum absolute atomic E-state index is 0.194. The number of nitrogens with zero attached hydrogens (tertiary/aromatic N) is 1. The number of nitrogens with two attached hydrogens (primary N) is 1. The van der Waals surface area contributed by atoms with Gasteiger partial charge in [0.1, 0.15) is 5.82 Å². The second-order valence-corrected chi connectivity index (χ2v) is 4.23. The van der Waals surface area contributed by atoms with E-state index < -0.39 is 11.9 Å². The van der Waals surface area contributed by atoms with Crippen molar-refractivity contribution in [3.8, 4) is 0 Å². The van der Waals surface area contributed by atoms with Crippen LogP contribution in [0.2, 0.25) is 0 Å². The Labute approximate surface area is 127 Å². The highest BCUT2D eigenvalue weighted by molar-refractivity contribution is 5.89. The lowest BCUT2D eigenvalue weighted by atomic mass is 10.1. The van der Waals surface area contributed by atoms with Crippen molar-refractivity contribution in [2.24, 2.45) is 5.84 Å². The van der Waals surface area contributed by atoms with Crippen molar-refractivity contribution < 1.29 is 28.9 Å². The summed E-state index contributed by atoms with van der Waals surface area (Å²) in [5.74, 6) is 2.73. The number of likely N-dealkylation sites (N-methyl/N-ethyl adjacent to an activating group) is 1. The van der Waals surface area contributed by atoms with Crippen LogP contribution in [0.3, 0.4) is 0 Å². The number of methoxy groups -OCH3 is 1. The molecule has 1 unspecified atom stereocenters. The summed E-state index contributed by atoms with van der Waals surface area (Å²) in [4.78, 5) is 19.1. The first-order valence-electron chi connectivity index (χ1n) is 6.14. The predicted octanol–water partition coefficient (Wildman–Crippen LogP) is 1.03. The fourth-order valence-electron chi connectivity index (χ4n) is 1.43. The lowest BCUT2D eigenvalue weighted by Crippen LogP contribution is -2.31. The first-order chi connectivity index (χ1) is 10.3. The van der Waals surface area contributed by atoms with Gasteiger partial charge in [0.2, 0.25) is 0 Å². The van der Waals surface area contributed by atoms with Crippen LogP contribution in [-0.2, 0) is 14.3 Å². The largest absolute Gasteiger partial charge is 0.478 e. The molecule has 0 saturated heterocycles. The zero-order valence-electron chi connectivity index (χ0n) is 12.3. The van der Waals surface area contributed by atoms with Gasteiger partial charge in [-0.2, -0.15) is 0 Å².